The molecule has 1 heterocycles. The van der Waals surface area contributed by atoms with Crippen LogP contribution in [0.25, 0.3) is 0 Å². The predicted molar refractivity (Wildman–Crippen MR) is 72.7 cm³/mol. The van der Waals surface area contributed by atoms with Crippen molar-refractivity contribution in [1.82, 2.24) is 4.98 Å². The Kier molecular flexibility index (Phi) is 3.51. The first-order chi connectivity index (χ1) is 9.00. The molecule has 0 saturated heterocycles. The Morgan fingerprint density at radius 1 is 1.26 bits per heavy atom. The third-order valence-corrected chi connectivity index (χ3v) is 3.05. The minimum absolute atomic E-state index is 0.186. The van der Waals surface area contributed by atoms with Crippen LogP contribution in [0.4, 0.5) is 0 Å². The van der Waals surface area contributed by atoms with Crippen molar-refractivity contribution in [3.63, 3.8) is 0 Å². The zero-order valence-electron chi connectivity index (χ0n) is 10.9. The van der Waals surface area contributed by atoms with Crippen LogP contribution in [0.3, 0.4) is 0 Å². The third kappa shape index (κ3) is 2.57. The van der Waals surface area contributed by atoms with Crippen molar-refractivity contribution in [2.75, 3.05) is 0 Å². The molecule has 0 aliphatic heterocycles. The summed E-state index contributed by atoms with van der Waals surface area (Å²) in [6.45, 7) is 2.97. The summed E-state index contributed by atoms with van der Waals surface area (Å²) in [4.78, 5) is 26.0. The van der Waals surface area contributed by atoms with Gasteiger partial charge in [-0.05, 0) is 19.4 Å². The molecule has 0 aliphatic rings. The van der Waals surface area contributed by atoms with E-state index in [1.807, 2.05) is 30.3 Å². The molecule has 0 fully saturated rings. The van der Waals surface area contributed by atoms with E-state index in [1.165, 1.54) is 6.92 Å². The number of pyridine rings is 1. The molecule has 0 aliphatic carbocycles. The van der Waals surface area contributed by atoms with Crippen molar-refractivity contribution in [2.45, 2.75) is 20.3 Å². The van der Waals surface area contributed by atoms with Gasteiger partial charge in [0.05, 0.1) is 11.1 Å². The lowest BCUT2D eigenvalue weighted by molar-refractivity contribution is 0.101. The van der Waals surface area contributed by atoms with E-state index in [9.17, 15) is 14.7 Å². The van der Waals surface area contributed by atoms with Crippen molar-refractivity contribution in [3.05, 3.63) is 63.1 Å². The molecule has 0 spiro atoms. The second kappa shape index (κ2) is 5.10. The molecule has 1 aromatic carbocycles. The Hall–Kier alpha value is -2.36. The molecular weight excluding hydrogens is 242 g/mol. The molecule has 0 atom stereocenters. The average molecular weight is 257 g/mol. The minimum atomic E-state index is -0.358. The van der Waals surface area contributed by atoms with Gasteiger partial charge in [0.25, 0.3) is 5.56 Å². The molecule has 0 unspecified atom stereocenters. The number of hydrogen-bond donors (Lipinski definition) is 2. The van der Waals surface area contributed by atoms with Gasteiger partial charge < -0.3 is 10.1 Å². The number of Topliss-reactive ketones (excluding diaryl/α,β-unsaturated/α-hetero) is 1. The molecule has 4 heteroatoms. The van der Waals surface area contributed by atoms with E-state index in [0.717, 1.165) is 5.56 Å². The molecule has 98 valence electrons. The van der Waals surface area contributed by atoms with Gasteiger partial charge in [-0.2, -0.15) is 0 Å². The van der Waals surface area contributed by atoms with Gasteiger partial charge in [0.1, 0.15) is 5.75 Å². The highest BCUT2D eigenvalue weighted by molar-refractivity contribution is 5.98. The fraction of sp³-hybridized carbons (Fsp3) is 0.200. The van der Waals surface area contributed by atoms with Crippen LogP contribution in [-0.2, 0) is 6.42 Å². The maximum Gasteiger partial charge on any atom is 0.255 e. The standard InChI is InChI=1S/C15H15NO3/c1-9-13(10(2)17)14(18)12(15(19)16-9)8-11-6-4-3-5-7-11/h3-7H,8H2,1-2H3,(H2,16,18,19). The monoisotopic (exact) mass is 257 g/mol. The Balaban J connectivity index is 2.55. The minimum Gasteiger partial charge on any atom is -0.507 e. The molecule has 2 aromatic rings. The fourth-order valence-corrected chi connectivity index (χ4v) is 2.14. The first-order valence-corrected chi connectivity index (χ1v) is 6.00. The van der Waals surface area contributed by atoms with Crippen LogP contribution < -0.4 is 5.56 Å². The maximum atomic E-state index is 11.9. The number of carbonyl (C=O) groups is 1. The number of aromatic amines is 1. The SMILES string of the molecule is CC(=O)c1c(C)[nH]c(=O)c(Cc2ccccc2)c1O. The molecule has 0 saturated carbocycles. The van der Waals surface area contributed by atoms with E-state index >= 15 is 0 Å². The second-order valence-electron chi connectivity index (χ2n) is 4.50. The maximum absolute atomic E-state index is 11.9. The Labute approximate surface area is 110 Å². The van der Waals surface area contributed by atoms with Gasteiger partial charge in [0, 0.05) is 12.1 Å². The van der Waals surface area contributed by atoms with Gasteiger partial charge in [-0.25, -0.2) is 0 Å². The summed E-state index contributed by atoms with van der Waals surface area (Å²) in [5.41, 5.74) is 1.35. The Morgan fingerprint density at radius 3 is 2.47 bits per heavy atom. The van der Waals surface area contributed by atoms with E-state index in [4.69, 9.17) is 0 Å². The number of hydrogen-bond acceptors (Lipinski definition) is 3. The topological polar surface area (TPSA) is 70.2 Å². The summed E-state index contributed by atoms with van der Waals surface area (Å²) in [6.07, 6.45) is 0.294. The first kappa shape index (κ1) is 13.1. The van der Waals surface area contributed by atoms with Crippen molar-refractivity contribution >= 4 is 5.78 Å². The number of benzene rings is 1. The summed E-state index contributed by atoms with van der Waals surface area (Å²) in [7, 11) is 0. The Bertz CT molecular complexity index is 672. The van der Waals surface area contributed by atoms with E-state index in [0.29, 0.717) is 12.1 Å². The van der Waals surface area contributed by atoms with Gasteiger partial charge in [-0.1, -0.05) is 30.3 Å². The lowest BCUT2D eigenvalue weighted by atomic mass is 10.0. The largest absolute Gasteiger partial charge is 0.507 e. The molecule has 2 rings (SSSR count). The number of nitrogens with one attached hydrogen (secondary N) is 1. The molecule has 19 heavy (non-hydrogen) atoms. The van der Waals surface area contributed by atoms with Crippen molar-refractivity contribution < 1.29 is 9.90 Å². The fourth-order valence-electron chi connectivity index (χ4n) is 2.14. The van der Waals surface area contributed by atoms with Gasteiger partial charge >= 0.3 is 0 Å². The lowest BCUT2D eigenvalue weighted by Gasteiger charge is -2.10. The highest BCUT2D eigenvalue weighted by atomic mass is 16.3. The molecule has 0 radical (unpaired) electrons. The number of aryl methyl sites for hydroxylation is 1. The highest BCUT2D eigenvalue weighted by Gasteiger charge is 2.18. The van der Waals surface area contributed by atoms with Crippen LogP contribution in [0.2, 0.25) is 0 Å². The van der Waals surface area contributed by atoms with E-state index < -0.39 is 0 Å². The summed E-state index contributed by atoms with van der Waals surface area (Å²) in [5.74, 6) is -0.474. The van der Waals surface area contributed by atoms with Gasteiger partial charge in [0.15, 0.2) is 5.78 Å². The smallest absolute Gasteiger partial charge is 0.255 e. The third-order valence-electron chi connectivity index (χ3n) is 3.05. The van der Waals surface area contributed by atoms with Crippen molar-refractivity contribution in [3.8, 4) is 5.75 Å². The van der Waals surface area contributed by atoms with Gasteiger partial charge in [-0.3, -0.25) is 9.59 Å². The summed E-state index contributed by atoms with van der Waals surface area (Å²) < 4.78 is 0. The van der Waals surface area contributed by atoms with Gasteiger partial charge in [-0.15, -0.1) is 0 Å². The summed E-state index contributed by atoms with van der Waals surface area (Å²) in [5, 5.41) is 10.1. The molecule has 1 aromatic heterocycles. The molecular formula is C15H15NO3. The molecule has 0 bridgehead atoms. The van der Waals surface area contributed by atoms with E-state index in [-0.39, 0.29) is 28.2 Å². The highest BCUT2D eigenvalue weighted by Crippen LogP contribution is 2.24. The summed E-state index contributed by atoms with van der Waals surface area (Å²) >= 11 is 0. The second-order valence-corrected chi connectivity index (χ2v) is 4.50. The van der Waals surface area contributed by atoms with Crippen LogP contribution in [0.5, 0.6) is 5.75 Å². The molecule has 4 nitrogen and oxygen atoms in total. The van der Waals surface area contributed by atoms with Crippen LogP contribution in [-0.4, -0.2) is 15.9 Å². The normalized spacial score (nSPS) is 10.4. The van der Waals surface area contributed by atoms with Crippen LogP contribution in [0.1, 0.15) is 34.1 Å². The van der Waals surface area contributed by atoms with Crippen molar-refractivity contribution in [1.29, 1.82) is 0 Å². The van der Waals surface area contributed by atoms with Crippen LogP contribution in [0.15, 0.2) is 35.1 Å². The number of rotatable bonds is 3. The predicted octanol–water partition coefficient (Wildman–Crippen LogP) is 2.18. The molecule has 0 amide bonds. The zero-order valence-corrected chi connectivity index (χ0v) is 10.9. The van der Waals surface area contributed by atoms with Crippen LogP contribution >= 0.6 is 0 Å². The number of carbonyl (C=O) groups excluding carboxylic acids is 1. The quantitative estimate of drug-likeness (QED) is 0.828. The summed E-state index contributed by atoms with van der Waals surface area (Å²) in [6, 6.07) is 9.34. The van der Waals surface area contributed by atoms with Crippen LogP contribution in [0, 0.1) is 6.92 Å². The number of H-pyrrole nitrogens is 1. The number of aromatic hydroxyl groups is 1. The lowest BCUT2D eigenvalue weighted by Crippen LogP contribution is -2.18. The Morgan fingerprint density at radius 2 is 1.89 bits per heavy atom. The zero-order chi connectivity index (χ0) is 14.0. The van der Waals surface area contributed by atoms with E-state index in [1.54, 1.807) is 6.92 Å². The van der Waals surface area contributed by atoms with Gasteiger partial charge in [0.2, 0.25) is 0 Å². The van der Waals surface area contributed by atoms with E-state index in [2.05, 4.69) is 4.98 Å². The van der Waals surface area contributed by atoms with Crippen molar-refractivity contribution in [2.24, 2.45) is 0 Å². The first-order valence-electron chi connectivity index (χ1n) is 6.00. The average Bonchev–Trinajstić information content (AvgIpc) is 2.35. The number of ketones is 1. The number of aromatic nitrogens is 1. The molecule has 2 N–H and O–H groups in total.